The number of likely N-dealkylation sites (N-methyl/N-ethyl adjacent to an activating group) is 1. The van der Waals surface area contributed by atoms with E-state index in [1.807, 2.05) is 31.4 Å². The first-order valence-corrected chi connectivity index (χ1v) is 12.4. The zero-order chi connectivity index (χ0) is 24.2. The third-order valence-corrected chi connectivity index (χ3v) is 7.24. The van der Waals surface area contributed by atoms with E-state index in [1.54, 1.807) is 35.3 Å². The molecule has 0 unspecified atom stereocenters. The van der Waals surface area contributed by atoms with Crippen molar-refractivity contribution >= 4 is 23.2 Å². The van der Waals surface area contributed by atoms with Crippen LogP contribution in [0.4, 0.5) is 4.39 Å². The first-order valence-electron chi connectivity index (χ1n) is 11.5. The average Bonchev–Trinajstić information content (AvgIpc) is 3.31. The normalized spacial score (nSPS) is 15.1. The van der Waals surface area contributed by atoms with E-state index in [4.69, 9.17) is 4.74 Å². The molecule has 178 valence electrons. The van der Waals surface area contributed by atoms with Crippen LogP contribution in [0.2, 0.25) is 0 Å². The summed E-state index contributed by atoms with van der Waals surface area (Å²) >= 11 is 1.69. The number of benzene rings is 2. The molecular formula is C27H29FN2O3S. The summed E-state index contributed by atoms with van der Waals surface area (Å²) in [6.07, 6.45) is 0.770. The van der Waals surface area contributed by atoms with Crippen LogP contribution in [0.25, 0.3) is 0 Å². The highest BCUT2D eigenvalue weighted by atomic mass is 32.1. The van der Waals surface area contributed by atoms with Gasteiger partial charge in [0.15, 0.2) is 0 Å². The van der Waals surface area contributed by atoms with E-state index in [2.05, 4.69) is 12.1 Å². The molecule has 4 rings (SSSR count). The van der Waals surface area contributed by atoms with Crippen molar-refractivity contribution in [3.05, 3.63) is 86.9 Å². The van der Waals surface area contributed by atoms with Crippen LogP contribution in [-0.2, 0) is 11.2 Å². The van der Waals surface area contributed by atoms with Gasteiger partial charge in [-0.05, 0) is 68.0 Å². The third kappa shape index (κ3) is 4.99. The first kappa shape index (κ1) is 24.0. The molecule has 7 heteroatoms. The predicted octanol–water partition coefficient (Wildman–Crippen LogP) is 5.17. The summed E-state index contributed by atoms with van der Waals surface area (Å²) in [4.78, 5) is 30.8. The van der Waals surface area contributed by atoms with Crippen molar-refractivity contribution in [3.8, 4) is 5.75 Å². The summed E-state index contributed by atoms with van der Waals surface area (Å²) in [5.74, 6) is -0.438. The van der Waals surface area contributed by atoms with Gasteiger partial charge in [0.05, 0.1) is 11.6 Å². The Balaban J connectivity index is 1.52. The van der Waals surface area contributed by atoms with Crippen molar-refractivity contribution in [2.75, 3.05) is 26.2 Å². The van der Waals surface area contributed by atoms with Gasteiger partial charge < -0.3 is 14.5 Å². The molecule has 0 fully saturated rings. The highest BCUT2D eigenvalue weighted by Gasteiger charge is 2.33. The summed E-state index contributed by atoms with van der Waals surface area (Å²) in [5, 5.41) is 2.04. The van der Waals surface area contributed by atoms with Crippen LogP contribution in [0.3, 0.4) is 0 Å². The van der Waals surface area contributed by atoms with Crippen molar-refractivity contribution in [3.63, 3.8) is 0 Å². The molecule has 5 nitrogen and oxygen atoms in total. The Morgan fingerprint density at radius 2 is 1.97 bits per heavy atom. The Morgan fingerprint density at radius 3 is 2.71 bits per heavy atom. The van der Waals surface area contributed by atoms with Gasteiger partial charge >= 0.3 is 0 Å². The van der Waals surface area contributed by atoms with Crippen molar-refractivity contribution in [2.45, 2.75) is 33.2 Å². The third-order valence-electron chi connectivity index (χ3n) is 6.24. The summed E-state index contributed by atoms with van der Waals surface area (Å²) in [7, 11) is 0. The van der Waals surface area contributed by atoms with Gasteiger partial charge in [-0.25, -0.2) is 4.39 Å². The number of amides is 2. The van der Waals surface area contributed by atoms with Crippen LogP contribution in [0.15, 0.2) is 53.9 Å². The molecule has 1 atom stereocenters. The molecule has 0 radical (unpaired) electrons. The van der Waals surface area contributed by atoms with Crippen molar-refractivity contribution in [1.82, 2.24) is 9.80 Å². The number of ether oxygens (including phenoxy) is 1. The molecule has 0 saturated carbocycles. The number of hydrogen-bond acceptors (Lipinski definition) is 4. The minimum Gasteiger partial charge on any atom is -0.491 e. The van der Waals surface area contributed by atoms with Crippen LogP contribution in [-0.4, -0.2) is 47.9 Å². The van der Waals surface area contributed by atoms with Gasteiger partial charge in [0.25, 0.3) is 5.91 Å². The summed E-state index contributed by atoms with van der Waals surface area (Å²) in [6, 6.07) is 13.7. The molecule has 2 heterocycles. The summed E-state index contributed by atoms with van der Waals surface area (Å²) < 4.78 is 20.4. The molecule has 3 aromatic rings. The minimum absolute atomic E-state index is 0.0226. The number of carbonyl (C=O) groups excluding carboxylic acids is 2. The molecule has 2 aromatic carbocycles. The maximum absolute atomic E-state index is 14.2. The number of carbonyl (C=O) groups is 2. The SMILES string of the molecule is CCN(CC(=O)N1CCc2sccc2[C@H]1COc1ccc(C)cc1C)C(=O)c1ccccc1F. The number of nitrogens with zero attached hydrogens (tertiary/aromatic N) is 2. The van der Waals surface area contributed by atoms with Gasteiger partial charge in [0.1, 0.15) is 24.7 Å². The smallest absolute Gasteiger partial charge is 0.257 e. The number of halogens is 1. The van der Waals surface area contributed by atoms with Crippen molar-refractivity contribution in [2.24, 2.45) is 0 Å². The molecule has 0 N–H and O–H groups in total. The lowest BCUT2D eigenvalue weighted by atomic mass is 10.00. The molecule has 0 saturated heterocycles. The van der Waals surface area contributed by atoms with Gasteiger partial charge in [-0.2, -0.15) is 0 Å². The van der Waals surface area contributed by atoms with E-state index < -0.39 is 11.7 Å². The fourth-order valence-corrected chi connectivity index (χ4v) is 5.32. The van der Waals surface area contributed by atoms with E-state index in [1.165, 1.54) is 27.5 Å². The van der Waals surface area contributed by atoms with E-state index in [-0.39, 0.29) is 24.1 Å². The highest BCUT2D eigenvalue weighted by Crippen LogP contribution is 2.34. The second-order valence-electron chi connectivity index (χ2n) is 8.53. The van der Waals surface area contributed by atoms with E-state index in [0.717, 1.165) is 23.3 Å². The Morgan fingerprint density at radius 1 is 1.18 bits per heavy atom. The van der Waals surface area contributed by atoms with Gasteiger partial charge in [0.2, 0.25) is 5.91 Å². The van der Waals surface area contributed by atoms with E-state index in [0.29, 0.717) is 19.7 Å². The molecule has 0 bridgehead atoms. The van der Waals surface area contributed by atoms with Crippen LogP contribution in [0, 0.1) is 19.7 Å². The average molecular weight is 481 g/mol. The maximum atomic E-state index is 14.2. The maximum Gasteiger partial charge on any atom is 0.257 e. The Kier molecular flexibility index (Phi) is 7.32. The number of aryl methyl sites for hydroxylation is 2. The molecule has 1 aliphatic rings. The van der Waals surface area contributed by atoms with Crippen molar-refractivity contribution in [1.29, 1.82) is 0 Å². The topological polar surface area (TPSA) is 49.9 Å². The predicted molar refractivity (Wildman–Crippen MR) is 132 cm³/mol. The van der Waals surface area contributed by atoms with Crippen LogP contribution in [0.1, 0.15) is 44.9 Å². The standard InChI is InChI=1S/C27H29FN2O3S/c1-4-29(27(32)20-7-5-6-8-22(20)28)16-26(31)30-13-11-25-21(12-14-34-25)23(30)17-33-24-10-9-18(2)15-19(24)3/h5-10,12,14-15,23H,4,11,13,16-17H2,1-3H3/t23-/m1/s1. The van der Waals surface area contributed by atoms with Crippen LogP contribution < -0.4 is 4.74 Å². The quantitative estimate of drug-likeness (QED) is 0.469. The zero-order valence-electron chi connectivity index (χ0n) is 19.7. The Labute approximate surface area is 203 Å². The largest absolute Gasteiger partial charge is 0.491 e. The molecule has 0 aliphatic carbocycles. The monoisotopic (exact) mass is 480 g/mol. The van der Waals surface area contributed by atoms with Crippen LogP contribution in [0.5, 0.6) is 5.75 Å². The molecule has 1 aromatic heterocycles. The lowest BCUT2D eigenvalue weighted by Crippen LogP contribution is -2.47. The summed E-state index contributed by atoms with van der Waals surface area (Å²) in [6.45, 7) is 6.92. The van der Waals surface area contributed by atoms with E-state index in [9.17, 15) is 14.0 Å². The second-order valence-corrected chi connectivity index (χ2v) is 9.53. The molecule has 34 heavy (non-hydrogen) atoms. The second kappa shape index (κ2) is 10.4. The number of rotatable bonds is 7. The molecule has 0 spiro atoms. The molecule has 2 amide bonds. The molecular weight excluding hydrogens is 451 g/mol. The minimum atomic E-state index is -0.584. The lowest BCUT2D eigenvalue weighted by molar-refractivity contribution is -0.135. The Bertz CT molecular complexity index is 1190. The van der Waals surface area contributed by atoms with Gasteiger partial charge in [-0.1, -0.05) is 29.8 Å². The van der Waals surface area contributed by atoms with E-state index >= 15 is 0 Å². The number of fused-ring (bicyclic) bond motifs is 1. The van der Waals surface area contributed by atoms with Crippen LogP contribution >= 0.6 is 11.3 Å². The molecule has 1 aliphatic heterocycles. The zero-order valence-corrected chi connectivity index (χ0v) is 20.5. The highest BCUT2D eigenvalue weighted by molar-refractivity contribution is 7.10. The summed E-state index contributed by atoms with van der Waals surface area (Å²) in [5.41, 5.74) is 3.29. The Hall–Kier alpha value is -3.19. The fraction of sp³-hybridized carbons (Fsp3) is 0.333. The fourth-order valence-electron chi connectivity index (χ4n) is 4.39. The van der Waals surface area contributed by atoms with Crippen molar-refractivity contribution < 1.29 is 18.7 Å². The lowest BCUT2D eigenvalue weighted by Gasteiger charge is -2.37. The number of thiophene rings is 1. The first-order chi connectivity index (χ1) is 16.4. The van der Waals surface area contributed by atoms with Gasteiger partial charge in [-0.15, -0.1) is 11.3 Å². The number of hydrogen-bond donors (Lipinski definition) is 0. The van der Waals surface area contributed by atoms with Gasteiger partial charge in [0, 0.05) is 18.0 Å². The van der Waals surface area contributed by atoms with Gasteiger partial charge in [-0.3, -0.25) is 9.59 Å².